The molecule has 0 aromatic carbocycles. The fourth-order valence-electron chi connectivity index (χ4n) is 2.74. The number of carbonyl (C=O) groups excluding carboxylic acids is 1. The molecule has 1 atom stereocenters. The molecular formula is C13H20N4O2. The van der Waals surface area contributed by atoms with Crippen LogP contribution in [0.1, 0.15) is 37.3 Å². The SMILES string of the molecule is O=C1CCCN1CCCn1cc([C@H]2CCOC2)nn1. The number of nitrogens with zero attached hydrogens (tertiary/aromatic N) is 4. The fourth-order valence-corrected chi connectivity index (χ4v) is 2.74. The van der Waals surface area contributed by atoms with E-state index in [1.165, 1.54) is 0 Å². The van der Waals surface area contributed by atoms with Crippen LogP contribution in [-0.4, -0.2) is 52.1 Å². The van der Waals surface area contributed by atoms with Gasteiger partial charge in [-0.3, -0.25) is 9.48 Å². The lowest BCUT2D eigenvalue weighted by Crippen LogP contribution is -2.26. The van der Waals surface area contributed by atoms with Gasteiger partial charge < -0.3 is 9.64 Å². The molecule has 0 bridgehead atoms. The van der Waals surface area contributed by atoms with Gasteiger partial charge >= 0.3 is 0 Å². The first-order chi connectivity index (χ1) is 9.33. The van der Waals surface area contributed by atoms with E-state index in [9.17, 15) is 4.79 Å². The monoisotopic (exact) mass is 264 g/mol. The molecule has 0 N–H and O–H groups in total. The second kappa shape index (κ2) is 5.69. The summed E-state index contributed by atoms with van der Waals surface area (Å²) in [5, 5.41) is 8.37. The molecule has 2 fully saturated rings. The van der Waals surface area contributed by atoms with Gasteiger partial charge in [0.2, 0.25) is 5.91 Å². The van der Waals surface area contributed by atoms with E-state index in [4.69, 9.17) is 4.74 Å². The van der Waals surface area contributed by atoms with Crippen molar-refractivity contribution in [3.63, 3.8) is 0 Å². The number of rotatable bonds is 5. The summed E-state index contributed by atoms with van der Waals surface area (Å²) >= 11 is 0. The highest BCUT2D eigenvalue weighted by Gasteiger charge is 2.21. The van der Waals surface area contributed by atoms with Crippen LogP contribution in [0.2, 0.25) is 0 Å². The van der Waals surface area contributed by atoms with E-state index in [2.05, 4.69) is 10.3 Å². The lowest BCUT2D eigenvalue weighted by atomic mass is 10.1. The van der Waals surface area contributed by atoms with Crippen molar-refractivity contribution in [2.75, 3.05) is 26.3 Å². The Bertz CT molecular complexity index is 440. The number of likely N-dealkylation sites (tertiary alicyclic amines) is 1. The molecule has 1 aromatic rings. The van der Waals surface area contributed by atoms with Gasteiger partial charge in [0.25, 0.3) is 0 Å². The van der Waals surface area contributed by atoms with E-state index < -0.39 is 0 Å². The maximum Gasteiger partial charge on any atom is 0.222 e. The van der Waals surface area contributed by atoms with Gasteiger partial charge in [0.15, 0.2) is 0 Å². The van der Waals surface area contributed by atoms with Crippen LogP contribution < -0.4 is 0 Å². The predicted octanol–water partition coefficient (Wildman–Crippen LogP) is 0.794. The first-order valence-electron chi connectivity index (χ1n) is 7.08. The quantitative estimate of drug-likeness (QED) is 0.789. The minimum absolute atomic E-state index is 0.294. The summed E-state index contributed by atoms with van der Waals surface area (Å²) in [4.78, 5) is 13.4. The average Bonchev–Trinajstić information content (AvgIpc) is 3.11. The van der Waals surface area contributed by atoms with Gasteiger partial charge in [0, 0.05) is 44.8 Å². The third-order valence-electron chi connectivity index (χ3n) is 3.89. The molecule has 0 saturated carbocycles. The Morgan fingerprint density at radius 1 is 1.42 bits per heavy atom. The van der Waals surface area contributed by atoms with Crippen LogP contribution in [0.25, 0.3) is 0 Å². The minimum Gasteiger partial charge on any atom is -0.381 e. The van der Waals surface area contributed by atoms with E-state index in [0.29, 0.717) is 11.8 Å². The molecule has 6 nitrogen and oxygen atoms in total. The Labute approximate surface area is 112 Å². The highest BCUT2D eigenvalue weighted by Crippen LogP contribution is 2.22. The molecule has 0 radical (unpaired) electrons. The first kappa shape index (κ1) is 12.6. The Balaban J connectivity index is 1.46. The molecular weight excluding hydrogens is 244 g/mol. The molecule has 2 aliphatic heterocycles. The maximum atomic E-state index is 11.5. The van der Waals surface area contributed by atoms with Crippen molar-refractivity contribution in [3.05, 3.63) is 11.9 Å². The summed E-state index contributed by atoms with van der Waals surface area (Å²) in [6, 6.07) is 0. The van der Waals surface area contributed by atoms with Gasteiger partial charge in [-0.2, -0.15) is 0 Å². The number of carbonyl (C=O) groups is 1. The van der Waals surface area contributed by atoms with E-state index in [0.717, 1.165) is 64.2 Å². The number of aryl methyl sites for hydroxylation is 1. The molecule has 1 amide bonds. The van der Waals surface area contributed by atoms with Gasteiger partial charge in [0.05, 0.1) is 12.3 Å². The van der Waals surface area contributed by atoms with E-state index in [1.54, 1.807) is 0 Å². The standard InChI is InChI=1S/C13H20N4O2/c18-13-3-1-5-16(13)6-2-7-17-9-12(14-15-17)11-4-8-19-10-11/h9,11H,1-8,10H2/t11-/m0/s1. The third kappa shape index (κ3) is 2.94. The normalized spacial score (nSPS) is 23.5. The number of hydrogen-bond donors (Lipinski definition) is 0. The van der Waals surface area contributed by atoms with Crippen molar-refractivity contribution < 1.29 is 9.53 Å². The van der Waals surface area contributed by atoms with Crippen LogP contribution in [0.15, 0.2) is 6.20 Å². The lowest BCUT2D eigenvalue weighted by molar-refractivity contribution is -0.127. The highest BCUT2D eigenvalue weighted by molar-refractivity contribution is 5.77. The largest absolute Gasteiger partial charge is 0.381 e. The number of hydrogen-bond acceptors (Lipinski definition) is 4. The third-order valence-corrected chi connectivity index (χ3v) is 3.89. The molecule has 0 aliphatic carbocycles. The summed E-state index contributed by atoms with van der Waals surface area (Å²) in [7, 11) is 0. The summed E-state index contributed by atoms with van der Waals surface area (Å²) in [6.45, 7) is 4.17. The summed E-state index contributed by atoms with van der Waals surface area (Å²) in [5.41, 5.74) is 1.04. The number of aromatic nitrogens is 3. The van der Waals surface area contributed by atoms with E-state index in [1.807, 2.05) is 15.8 Å². The zero-order valence-corrected chi connectivity index (χ0v) is 11.1. The first-order valence-corrected chi connectivity index (χ1v) is 7.08. The smallest absolute Gasteiger partial charge is 0.222 e. The molecule has 0 unspecified atom stereocenters. The zero-order valence-electron chi connectivity index (χ0n) is 11.1. The van der Waals surface area contributed by atoms with Gasteiger partial charge in [-0.15, -0.1) is 5.10 Å². The summed E-state index contributed by atoms with van der Waals surface area (Å²) in [5.74, 6) is 0.705. The van der Waals surface area contributed by atoms with Gasteiger partial charge in [-0.1, -0.05) is 5.21 Å². The molecule has 1 aromatic heterocycles. The molecule has 19 heavy (non-hydrogen) atoms. The van der Waals surface area contributed by atoms with Crippen molar-refractivity contribution in [2.45, 2.75) is 38.1 Å². The summed E-state index contributed by atoms with van der Waals surface area (Å²) in [6.07, 6.45) is 5.73. The molecule has 3 heterocycles. The van der Waals surface area contributed by atoms with Crippen molar-refractivity contribution in [3.8, 4) is 0 Å². The average molecular weight is 264 g/mol. The maximum absolute atomic E-state index is 11.5. The van der Waals surface area contributed by atoms with Crippen molar-refractivity contribution in [1.82, 2.24) is 19.9 Å². The molecule has 6 heteroatoms. The van der Waals surface area contributed by atoms with Crippen LogP contribution in [0.4, 0.5) is 0 Å². The van der Waals surface area contributed by atoms with Crippen molar-refractivity contribution in [2.24, 2.45) is 0 Å². The Morgan fingerprint density at radius 2 is 2.37 bits per heavy atom. The van der Waals surface area contributed by atoms with E-state index >= 15 is 0 Å². The van der Waals surface area contributed by atoms with Gasteiger partial charge in [-0.25, -0.2) is 0 Å². The fraction of sp³-hybridized carbons (Fsp3) is 0.769. The van der Waals surface area contributed by atoms with Crippen LogP contribution >= 0.6 is 0 Å². The van der Waals surface area contributed by atoms with Gasteiger partial charge in [-0.05, 0) is 19.3 Å². The summed E-state index contributed by atoms with van der Waals surface area (Å²) < 4.78 is 7.24. The molecule has 3 rings (SSSR count). The molecule has 2 saturated heterocycles. The Hall–Kier alpha value is -1.43. The van der Waals surface area contributed by atoms with Crippen LogP contribution in [-0.2, 0) is 16.1 Å². The molecule has 0 spiro atoms. The van der Waals surface area contributed by atoms with Crippen molar-refractivity contribution in [1.29, 1.82) is 0 Å². The number of amides is 1. The Morgan fingerprint density at radius 3 is 3.11 bits per heavy atom. The second-order valence-electron chi connectivity index (χ2n) is 5.30. The van der Waals surface area contributed by atoms with Crippen LogP contribution in [0.3, 0.4) is 0 Å². The zero-order chi connectivity index (χ0) is 13.1. The van der Waals surface area contributed by atoms with Crippen LogP contribution in [0, 0.1) is 0 Å². The molecule has 104 valence electrons. The van der Waals surface area contributed by atoms with Crippen LogP contribution in [0.5, 0.6) is 0 Å². The Kier molecular flexibility index (Phi) is 3.77. The topological polar surface area (TPSA) is 60.2 Å². The lowest BCUT2D eigenvalue weighted by Gasteiger charge is -2.14. The molecule has 2 aliphatic rings. The predicted molar refractivity (Wildman–Crippen MR) is 68.6 cm³/mol. The van der Waals surface area contributed by atoms with Crippen molar-refractivity contribution >= 4 is 5.91 Å². The highest BCUT2D eigenvalue weighted by atomic mass is 16.5. The van der Waals surface area contributed by atoms with E-state index in [-0.39, 0.29) is 0 Å². The number of ether oxygens (including phenoxy) is 1. The van der Waals surface area contributed by atoms with Gasteiger partial charge in [0.1, 0.15) is 0 Å². The minimum atomic E-state index is 0.294. The second-order valence-corrected chi connectivity index (χ2v) is 5.30.